The van der Waals surface area contributed by atoms with Crippen molar-refractivity contribution >= 4 is 11.3 Å². The molecule has 0 amide bonds. The van der Waals surface area contributed by atoms with E-state index in [9.17, 15) is 0 Å². The fraction of sp³-hybridized carbons (Fsp3) is 0.444. The first-order valence-electron chi connectivity index (χ1n) is 4.74. The van der Waals surface area contributed by atoms with Gasteiger partial charge in [-0.05, 0) is 41.4 Å². The summed E-state index contributed by atoms with van der Waals surface area (Å²) >= 11 is 1.74. The highest BCUT2D eigenvalue weighted by molar-refractivity contribution is 7.10. The molecule has 0 aliphatic rings. The number of rotatable bonds is 4. The molecule has 2 aromatic heterocycles. The Hall–Kier alpha value is -1.27. The van der Waals surface area contributed by atoms with Crippen LogP contribution in [0.4, 0.5) is 0 Å². The SMILES string of the molecule is CNCc1nnnn1Cc1sccc1C. The third kappa shape index (κ3) is 2.21. The van der Waals surface area contributed by atoms with Crippen molar-refractivity contribution in [3.63, 3.8) is 0 Å². The zero-order valence-corrected chi connectivity index (χ0v) is 9.58. The lowest BCUT2D eigenvalue weighted by Crippen LogP contribution is -2.13. The van der Waals surface area contributed by atoms with E-state index in [1.165, 1.54) is 10.4 Å². The van der Waals surface area contributed by atoms with Crippen LogP contribution in [0.1, 0.15) is 16.3 Å². The maximum absolute atomic E-state index is 3.97. The van der Waals surface area contributed by atoms with Crippen molar-refractivity contribution in [1.82, 2.24) is 25.5 Å². The second-order valence-electron chi connectivity index (χ2n) is 3.31. The van der Waals surface area contributed by atoms with Crippen LogP contribution >= 0.6 is 11.3 Å². The van der Waals surface area contributed by atoms with E-state index in [4.69, 9.17) is 0 Å². The molecule has 0 fully saturated rings. The van der Waals surface area contributed by atoms with Gasteiger partial charge in [0.2, 0.25) is 0 Å². The van der Waals surface area contributed by atoms with Crippen LogP contribution in [-0.2, 0) is 13.1 Å². The molecule has 0 aliphatic heterocycles. The van der Waals surface area contributed by atoms with Crippen LogP contribution in [0.2, 0.25) is 0 Å². The molecule has 0 radical (unpaired) electrons. The van der Waals surface area contributed by atoms with E-state index in [0.29, 0.717) is 6.54 Å². The average Bonchev–Trinajstić information content (AvgIpc) is 2.80. The Morgan fingerprint density at radius 2 is 2.40 bits per heavy atom. The summed E-state index contributed by atoms with van der Waals surface area (Å²) in [5.74, 6) is 0.866. The largest absolute Gasteiger partial charge is 0.313 e. The van der Waals surface area contributed by atoms with Gasteiger partial charge in [-0.1, -0.05) is 0 Å². The molecule has 5 nitrogen and oxygen atoms in total. The van der Waals surface area contributed by atoms with E-state index < -0.39 is 0 Å². The molecule has 0 saturated heterocycles. The first-order chi connectivity index (χ1) is 7.31. The molecule has 0 saturated carbocycles. The molecule has 2 aromatic rings. The van der Waals surface area contributed by atoms with Gasteiger partial charge in [0, 0.05) is 4.88 Å². The molecule has 0 atom stereocenters. The Kier molecular flexibility index (Phi) is 3.08. The summed E-state index contributed by atoms with van der Waals surface area (Å²) in [5, 5.41) is 16.7. The Bertz CT molecular complexity index is 433. The lowest BCUT2D eigenvalue weighted by molar-refractivity contribution is 0.604. The van der Waals surface area contributed by atoms with Crippen LogP contribution in [0.25, 0.3) is 0 Å². The molecule has 80 valence electrons. The van der Waals surface area contributed by atoms with Gasteiger partial charge in [-0.15, -0.1) is 16.4 Å². The van der Waals surface area contributed by atoms with Crippen LogP contribution < -0.4 is 5.32 Å². The number of hydrogen-bond acceptors (Lipinski definition) is 5. The Labute approximate surface area is 92.1 Å². The highest BCUT2D eigenvalue weighted by atomic mass is 32.1. The average molecular weight is 223 g/mol. The van der Waals surface area contributed by atoms with E-state index in [0.717, 1.165) is 12.4 Å². The van der Waals surface area contributed by atoms with Crippen LogP contribution in [0, 0.1) is 6.92 Å². The van der Waals surface area contributed by atoms with Crippen molar-refractivity contribution in [3.05, 3.63) is 27.7 Å². The van der Waals surface area contributed by atoms with Gasteiger partial charge in [-0.3, -0.25) is 0 Å². The lowest BCUT2D eigenvalue weighted by atomic mass is 10.3. The van der Waals surface area contributed by atoms with Crippen LogP contribution in [0.5, 0.6) is 0 Å². The third-order valence-corrected chi connectivity index (χ3v) is 3.21. The van der Waals surface area contributed by atoms with Gasteiger partial charge < -0.3 is 5.32 Å². The van der Waals surface area contributed by atoms with Gasteiger partial charge in [-0.25, -0.2) is 4.68 Å². The summed E-state index contributed by atoms with van der Waals surface area (Å²) in [5.41, 5.74) is 1.30. The molecular formula is C9H13N5S. The van der Waals surface area contributed by atoms with Crippen LogP contribution in [0.3, 0.4) is 0 Å². The number of aryl methyl sites for hydroxylation is 1. The van der Waals surface area contributed by atoms with Crippen molar-refractivity contribution in [3.8, 4) is 0 Å². The van der Waals surface area contributed by atoms with Crippen LogP contribution in [-0.4, -0.2) is 27.3 Å². The van der Waals surface area contributed by atoms with Crippen LogP contribution in [0.15, 0.2) is 11.4 Å². The Morgan fingerprint density at radius 1 is 1.53 bits per heavy atom. The maximum Gasteiger partial charge on any atom is 0.165 e. The summed E-state index contributed by atoms with van der Waals surface area (Å²) in [6, 6.07) is 2.11. The molecule has 1 N–H and O–H groups in total. The summed E-state index contributed by atoms with van der Waals surface area (Å²) in [4.78, 5) is 1.31. The second kappa shape index (κ2) is 4.50. The maximum atomic E-state index is 3.97. The van der Waals surface area contributed by atoms with E-state index in [-0.39, 0.29) is 0 Å². The number of hydrogen-bond donors (Lipinski definition) is 1. The van der Waals surface area contributed by atoms with Crippen molar-refractivity contribution in [2.24, 2.45) is 0 Å². The molecule has 0 bridgehead atoms. The highest BCUT2D eigenvalue weighted by Gasteiger charge is 2.07. The molecule has 0 unspecified atom stereocenters. The van der Waals surface area contributed by atoms with E-state index in [1.54, 1.807) is 11.3 Å². The van der Waals surface area contributed by atoms with E-state index in [1.807, 2.05) is 11.7 Å². The summed E-state index contributed by atoms with van der Waals surface area (Å²) in [7, 11) is 1.88. The van der Waals surface area contributed by atoms with Gasteiger partial charge in [-0.2, -0.15) is 0 Å². The van der Waals surface area contributed by atoms with E-state index in [2.05, 4.69) is 39.2 Å². The van der Waals surface area contributed by atoms with Gasteiger partial charge in [0.25, 0.3) is 0 Å². The number of tetrazole rings is 1. The molecule has 2 rings (SSSR count). The molecule has 0 aromatic carbocycles. The topological polar surface area (TPSA) is 55.6 Å². The van der Waals surface area contributed by atoms with Gasteiger partial charge in [0.1, 0.15) is 0 Å². The van der Waals surface area contributed by atoms with Crippen molar-refractivity contribution < 1.29 is 0 Å². The summed E-state index contributed by atoms with van der Waals surface area (Å²) in [6.45, 7) is 3.55. The zero-order chi connectivity index (χ0) is 10.7. The third-order valence-electron chi connectivity index (χ3n) is 2.20. The number of aromatic nitrogens is 4. The lowest BCUT2D eigenvalue weighted by Gasteiger charge is -2.03. The molecular weight excluding hydrogens is 210 g/mol. The predicted molar refractivity (Wildman–Crippen MR) is 58.7 cm³/mol. The van der Waals surface area contributed by atoms with Crippen molar-refractivity contribution in [2.75, 3.05) is 7.05 Å². The Balaban J connectivity index is 2.17. The van der Waals surface area contributed by atoms with Gasteiger partial charge in [0.05, 0.1) is 13.1 Å². The molecule has 0 aliphatic carbocycles. The fourth-order valence-corrected chi connectivity index (χ4v) is 2.22. The summed E-state index contributed by atoms with van der Waals surface area (Å²) in [6.07, 6.45) is 0. The molecule has 0 spiro atoms. The first-order valence-corrected chi connectivity index (χ1v) is 5.62. The highest BCUT2D eigenvalue weighted by Crippen LogP contribution is 2.16. The van der Waals surface area contributed by atoms with Gasteiger partial charge >= 0.3 is 0 Å². The number of nitrogens with one attached hydrogen (secondary N) is 1. The minimum absolute atomic E-state index is 0.692. The zero-order valence-electron chi connectivity index (χ0n) is 8.77. The first kappa shape index (κ1) is 10.3. The Morgan fingerprint density at radius 3 is 3.07 bits per heavy atom. The molecule has 15 heavy (non-hydrogen) atoms. The fourth-order valence-electron chi connectivity index (χ4n) is 1.33. The number of nitrogens with zero attached hydrogens (tertiary/aromatic N) is 4. The predicted octanol–water partition coefficient (Wildman–Crippen LogP) is 0.811. The van der Waals surface area contributed by atoms with E-state index >= 15 is 0 Å². The minimum Gasteiger partial charge on any atom is -0.313 e. The minimum atomic E-state index is 0.692. The van der Waals surface area contributed by atoms with Gasteiger partial charge in [0.15, 0.2) is 5.82 Å². The smallest absolute Gasteiger partial charge is 0.165 e. The normalized spacial score (nSPS) is 10.8. The summed E-state index contributed by atoms with van der Waals surface area (Å²) < 4.78 is 1.83. The quantitative estimate of drug-likeness (QED) is 0.833. The van der Waals surface area contributed by atoms with Crippen molar-refractivity contribution in [2.45, 2.75) is 20.0 Å². The van der Waals surface area contributed by atoms with Crippen molar-refractivity contribution in [1.29, 1.82) is 0 Å². The monoisotopic (exact) mass is 223 g/mol. The molecule has 2 heterocycles. The standard InChI is InChI=1S/C9H13N5S/c1-7-3-4-15-8(7)6-14-9(5-10-2)11-12-13-14/h3-4,10H,5-6H2,1-2H3. The molecule has 6 heteroatoms. The number of thiophene rings is 1. The second-order valence-corrected chi connectivity index (χ2v) is 4.31.